The predicted octanol–water partition coefficient (Wildman–Crippen LogP) is 4.83. The number of methoxy groups -OCH3 is 1. The van der Waals surface area contributed by atoms with Crippen LogP contribution in [0.2, 0.25) is 0 Å². The number of hydrogen-bond acceptors (Lipinski definition) is 8. The normalized spacial score (nSPS) is 17.1. The molecule has 0 amide bonds. The average molecular weight is 464 g/mol. The first-order valence-corrected chi connectivity index (χ1v) is 11.1. The minimum Gasteiger partial charge on any atom is -0.495 e. The zero-order valence-corrected chi connectivity index (χ0v) is 19.0. The molecule has 9 heteroatoms. The quantitative estimate of drug-likeness (QED) is 0.343. The fourth-order valence-corrected chi connectivity index (χ4v) is 3.80. The highest BCUT2D eigenvalue weighted by atomic mass is 35.5. The van der Waals surface area contributed by atoms with Gasteiger partial charge in [0.15, 0.2) is 5.82 Å². The monoisotopic (exact) mass is 463 g/mol. The zero-order valence-electron chi connectivity index (χ0n) is 18.2. The Morgan fingerprint density at radius 1 is 1.03 bits per heavy atom. The molecule has 1 aliphatic carbocycles. The smallest absolute Gasteiger partial charge is 0.257 e. The minimum atomic E-state index is 0.208. The summed E-state index contributed by atoms with van der Waals surface area (Å²) < 4.78 is 16.6. The summed E-state index contributed by atoms with van der Waals surface area (Å²) in [5.41, 5.74) is 3.65. The number of rotatable bonds is 8. The Bertz CT molecular complexity index is 1240. The second kappa shape index (κ2) is 9.15. The first-order chi connectivity index (χ1) is 16.1. The van der Waals surface area contributed by atoms with Gasteiger partial charge < -0.3 is 14.0 Å². The Morgan fingerprint density at radius 2 is 1.85 bits per heavy atom. The van der Waals surface area contributed by atoms with Crippen LogP contribution in [-0.4, -0.2) is 38.8 Å². The third-order valence-electron chi connectivity index (χ3n) is 5.64. The molecule has 2 unspecified atom stereocenters. The molecule has 1 aliphatic rings. The molecule has 3 heterocycles. The maximum Gasteiger partial charge on any atom is 0.257 e. The van der Waals surface area contributed by atoms with Crippen molar-refractivity contribution in [3.63, 3.8) is 0 Å². The molecular weight excluding hydrogens is 442 g/mol. The molecule has 1 aromatic carbocycles. The van der Waals surface area contributed by atoms with E-state index < -0.39 is 0 Å². The van der Waals surface area contributed by atoms with Crippen LogP contribution in [0, 0.1) is 12.8 Å². The third-order valence-corrected chi connectivity index (χ3v) is 5.88. The van der Waals surface area contributed by atoms with Gasteiger partial charge in [-0.2, -0.15) is 9.97 Å². The zero-order chi connectivity index (χ0) is 22.8. The van der Waals surface area contributed by atoms with Gasteiger partial charge in [0.1, 0.15) is 11.6 Å². The van der Waals surface area contributed by atoms with Gasteiger partial charge in [0, 0.05) is 29.3 Å². The molecule has 1 saturated carbocycles. The van der Waals surface area contributed by atoms with Crippen LogP contribution in [0.5, 0.6) is 11.6 Å². The van der Waals surface area contributed by atoms with Crippen LogP contribution in [0.15, 0.2) is 53.3 Å². The van der Waals surface area contributed by atoms with E-state index in [-0.39, 0.29) is 5.88 Å². The second-order valence-corrected chi connectivity index (χ2v) is 8.17. The van der Waals surface area contributed by atoms with Gasteiger partial charge in [-0.05, 0) is 43.2 Å². The molecule has 168 valence electrons. The van der Waals surface area contributed by atoms with E-state index in [0.717, 1.165) is 34.6 Å². The largest absolute Gasteiger partial charge is 0.495 e. The SMILES string of the molecule is COc1ccc(C2CC2COc2nc(C)ncc2-c2ccc(-c3nc(CCl)no3)cc2)nc1. The van der Waals surface area contributed by atoms with Crippen LogP contribution in [-0.2, 0) is 5.88 Å². The maximum atomic E-state index is 6.17. The van der Waals surface area contributed by atoms with Crippen LogP contribution in [0.25, 0.3) is 22.6 Å². The van der Waals surface area contributed by atoms with E-state index in [9.17, 15) is 0 Å². The predicted molar refractivity (Wildman–Crippen MR) is 122 cm³/mol. The van der Waals surface area contributed by atoms with E-state index in [4.69, 9.17) is 25.6 Å². The number of halogens is 1. The van der Waals surface area contributed by atoms with Gasteiger partial charge >= 0.3 is 0 Å². The van der Waals surface area contributed by atoms with Gasteiger partial charge in [-0.3, -0.25) is 4.98 Å². The Balaban J connectivity index is 1.29. The standard InChI is InChI=1S/C24H22ClN5O3/c1-14-26-12-20(15-3-5-16(6-4-15)23-29-22(10-25)30-33-23)24(28-14)32-13-17-9-19(17)21-8-7-18(31-2)11-27-21/h3-8,11-12,17,19H,9-10,13H2,1-2H3. The summed E-state index contributed by atoms with van der Waals surface area (Å²) in [6.07, 6.45) is 4.59. The third kappa shape index (κ3) is 4.66. The van der Waals surface area contributed by atoms with Gasteiger partial charge in [0.05, 0.1) is 31.4 Å². The van der Waals surface area contributed by atoms with Gasteiger partial charge in [-0.1, -0.05) is 17.3 Å². The number of pyridine rings is 1. The van der Waals surface area contributed by atoms with Gasteiger partial charge in [-0.25, -0.2) is 4.98 Å². The molecule has 0 bridgehead atoms. The van der Waals surface area contributed by atoms with E-state index in [1.54, 1.807) is 19.5 Å². The summed E-state index contributed by atoms with van der Waals surface area (Å²) >= 11 is 5.75. The Morgan fingerprint density at radius 3 is 2.55 bits per heavy atom. The van der Waals surface area contributed by atoms with Crippen LogP contribution in [0.1, 0.15) is 29.7 Å². The molecule has 8 nitrogen and oxygen atoms in total. The van der Waals surface area contributed by atoms with Crippen LogP contribution >= 0.6 is 11.6 Å². The summed E-state index contributed by atoms with van der Waals surface area (Å²) in [6.45, 7) is 2.42. The number of ether oxygens (including phenoxy) is 2. The van der Waals surface area contributed by atoms with Crippen LogP contribution in [0.3, 0.4) is 0 Å². The number of aromatic nitrogens is 5. The van der Waals surface area contributed by atoms with Crippen molar-refractivity contribution in [1.29, 1.82) is 0 Å². The molecule has 4 aromatic rings. The van der Waals surface area contributed by atoms with Crippen molar-refractivity contribution >= 4 is 11.6 Å². The van der Waals surface area contributed by atoms with Crippen molar-refractivity contribution in [3.8, 4) is 34.2 Å². The average Bonchev–Trinajstić information content (AvgIpc) is 3.48. The van der Waals surface area contributed by atoms with Crippen LogP contribution in [0.4, 0.5) is 0 Å². The molecule has 1 fully saturated rings. The van der Waals surface area contributed by atoms with Crippen molar-refractivity contribution in [1.82, 2.24) is 25.1 Å². The molecule has 0 spiro atoms. The number of hydrogen-bond donors (Lipinski definition) is 0. The van der Waals surface area contributed by atoms with E-state index in [1.165, 1.54) is 0 Å². The first-order valence-electron chi connectivity index (χ1n) is 10.6. The van der Waals surface area contributed by atoms with Gasteiger partial charge in [-0.15, -0.1) is 11.6 Å². The summed E-state index contributed by atoms with van der Waals surface area (Å²) in [4.78, 5) is 17.7. The molecular formula is C24H22ClN5O3. The molecule has 0 aliphatic heterocycles. The lowest BCUT2D eigenvalue weighted by Crippen LogP contribution is -2.05. The van der Waals surface area contributed by atoms with Crippen molar-refractivity contribution in [2.45, 2.75) is 25.1 Å². The van der Waals surface area contributed by atoms with E-state index in [2.05, 4.69) is 25.1 Å². The summed E-state index contributed by atoms with van der Waals surface area (Å²) in [5, 5.41) is 3.83. The van der Waals surface area contributed by atoms with Crippen molar-refractivity contribution in [2.24, 2.45) is 5.92 Å². The Hall–Kier alpha value is -3.52. The van der Waals surface area contributed by atoms with Gasteiger partial charge in [0.25, 0.3) is 5.89 Å². The van der Waals surface area contributed by atoms with E-state index >= 15 is 0 Å². The Labute approximate surface area is 196 Å². The number of nitrogens with zero attached hydrogens (tertiary/aromatic N) is 5. The second-order valence-electron chi connectivity index (χ2n) is 7.90. The fraction of sp³-hybridized carbons (Fsp3) is 0.292. The Kier molecular flexibility index (Phi) is 5.92. The number of aryl methyl sites for hydroxylation is 1. The van der Waals surface area contributed by atoms with Crippen molar-refractivity contribution in [2.75, 3.05) is 13.7 Å². The number of alkyl halides is 1. The van der Waals surface area contributed by atoms with E-state index in [0.29, 0.717) is 41.9 Å². The molecule has 0 saturated heterocycles. The van der Waals surface area contributed by atoms with Crippen molar-refractivity contribution < 1.29 is 14.0 Å². The highest BCUT2D eigenvalue weighted by Crippen LogP contribution is 2.47. The molecule has 0 radical (unpaired) electrons. The summed E-state index contributed by atoms with van der Waals surface area (Å²) in [6, 6.07) is 11.7. The maximum absolute atomic E-state index is 6.17. The summed E-state index contributed by atoms with van der Waals surface area (Å²) in [5.74, 6) is 3.90. The van der Waals surface area contributed by atoms with Crippen molar-refractivity contribution in [3.05, 3.63) is 66.1 Å². The minimum absolute atomic E-state index is 0.208. The highest BCUT2D eigenvalue weighted by molar-refractivity contribution is 6.16. The lowest BCUT2D eigenvalue weighted by atomic mass is 10.1. The van der Waals surface area contributed by atoms with Gasteiger partial charge in [0.2, 0.25) is 5.88 Å². The molecule has 5 rings (SSSR count). The lowest BCUT2D eigenvalue weighted by Gasteiger charge is -2.11. The molecule has 0 N–H and O–H groups in total. The topological polar surface area (TPSA) is 96.1 Å². The summed E-state index contributed by atoms with van der Waals surface area (Å²) in [7, 11) is 1.64. The van der Waals surface area contributed by atoms with E-state index in [1.807, 2.05) is 43.3 Å². The molecule has 3 aromatic heterocycles. The first kappa shape index (κ1) is 21.3. The lowest BCUT2D eigenvalue weighted by molar-refractivity contribution is 0.285. The highest BCUT2D eigenvalue weighted by Gasteiger charge is 2.40. The number of benzene rings is 1. The molecule has 33 heavy (non-hydrogen) atoms. The van der Waals surface area contributed by atoms with Crippen LogP contribution < -0.4 is 9.47 Å². The molecule has 2 atom stereocenters. The fourth-order valence-electron chi connectivity index (χ4n) is 3.69.